The van der Waals surface area contributed by atoms with Gasteiger partial charge in [-0.1, -0.05) is 54.2 Å². The van der Waals surface area contributed by atoms with Crippen molar-refractivity contribution in [2.75, 3.05) is 12.9 Å². The molecule has 0 saturated heterocycles. The summed E-state index contributed by atoms with van der Waals surface area (Å²) >= 11 is 2.81. The average Bonchev–Trinajstić information content (AvgIpc) is 3.84. The first-order chi connectivity index (χ1) is 22.3. The summed E-state index contributed by atoms with van der Waals surface area (Å²) in [6.07, 6.45) is 0.525. The van der Waals surface area contributed by atoms with Crippen LogP contribution in [0.4, 0.5) is 4.39 Å². The third-order valence-electron chi connectivity index (χ3n) is 7.62. The largest absolute Gasteiger partial charge is 0.496 e. The van der Waals surface area contributed by atoms with Gasteiger partial charge in [0.05, 0.1) is 47.3 Å². The van der Waals surface area contributed by atoms with E-state index >= 15 is 0 Å². The summed E-state index contributed by atoms with van der Waals surface area (Å²) in [5.41, 5.74) is 4.91. The summed E-state index contributed by atoms with van der Waals surface area (Å²) in [5.74, 6) is 0.155. The van der Waals surface area contributed by atoms with Crippen LogP contribution in [0.25, 0.3) is 5.69 Å². The molecular weight excluding hydrogens is 624 g/mol. The molecule has 46 heavy (non-hydrogen) atoms. The first-order valence-corrected chi connectivity index (χ1v) is 16.4. The van der Waals surface area contributed by atoms with Crippen LogP contribution < -0.4 is 10.1 Å². The number of nitrogens with zero attached hydrogens (tertiary/aromatic N) is 5. The summed E-state index contributed by atoms with van der Waals surface area (Å²) in [5, 5.41) is 20.5. The number of para-hydroxylation sites is 1. The van der Waals surface area contributed by atoms with E-state index in [0.29, 0.717) is 28.7 Å². The fourth-order valence-electron chi connectivity index (χ4n) is 5.27. The van der Waals surface area contributed by atoms with Crippen molar-refractivity contribution in [1.82, 2.24) is 25.1 Å². The van der Waals surface area contributed by atoms with Crippen molar-refractivity contribution >= 4 is 40.6 Å². The number of ether oxygens (including phenoxy) is 1. The molecule has 0 aliphatic carbocycles. The molecule has 3 heterocycles. The van der Waals surface area contributed by atoms with Crippen molar-refractivity contribution in [2.24, 2.45) is 5.10 Å². The van der Waals surface area contributed by atoms with E-state index in [1.165, 1.54) is 36.0 Å². The first-order valence-electron chi connectivity index (χ1n) is 14.6. The third kappa shape index (κ3) is 6.58. The van der Waals surface area contributed by atoms with Crippen LogP contribution in [0.2, 0.25) is 0 Å². The number of aryl methyl sites for hydroxylation is 2. The molecule has 5 aromatic rings. The van der Waals surface area contributed by atoms with Gasteiger partial charge in [0.2, 0.25) is 0 Å². The van der Waals surface area contributed by atoms with E-state index in [4.69, 9.17) is 9.84 Å². The average molecular weight is 655 g/mol. The molecule has 6 rings (SSSR count). The highest BCUT2D eigenvalue weighted by molar-refractivity contribution is 7.99. The number of rotatable bonds is 10. The third-order valence-corrected chi connectivity index (χ3v) is 9.45. The Bertz CT molecular complexity index is 1910. The molecule has 0 saturated carbocycles. The minimum absolute atomic E-state index is 0.0372. The second kappa shape index (κ2) is 13.7. The summed E-state index contributed by atoms with van der Waals surface area (Å²) in [4.78, 5) is 27.9. The Morgan fingerprint density at radius 3 is 2.61 bits per heavy atom. The molecule has 9 nitrogen and oxygen atoms in total. The molecule has 234 valence electrons. The molecule has 3 aromatic carbocycles. The Kier molecular flexibility index (Phi) is 9.27. The Hall–Kier alpha value is -4.81. The minimum atomic E-state index is -0.358. The van der Waals surface area contributed by atoms with Crippen LogP contribution in [-0.2, 0) is 11.3 Å². The number of thiophene rings is 1. The summed E-state index contributed by atoms with van der Waals surface area (Å²) in [6.45, 7) is 4.09. The number of hydrogen-bond acceptors (Lipinski definition) is 8. The molecule has 2 aromatic heterocycles. The quantitative estimate of drug-likeness (QED) is 0.173. The maximum absolute atomic E-state index is 13.8. The molecule has 0 radical (unpaired) electrons. The minimum Gasteiger partial charge on any atom is -0.496 e. The van der Waals surface area contributed by atoms with Gasteiger partial charge in [0.25, 0.3) is 11.8 Å². The van der Waals surface area contributed by atoms with Gasteiger partial charge in [0, 0.05) is 6.42 Å². The number of benzene rings is 3. The van der Waals surface area contributed by atoms with E-state index < -0.39 is 0 Å². The number of hydrogen-bond donors (Lipinski definition) is 1. The number of hydrazone groups is 1. The van der Waals surface area contributed by atoms with Crippen LogP contribution in [0.15, 0.2) is 94.5 Å². The highest BCUT2D eigenvalue weighted by Crippen LogP contribution is 2.35. The van der Waals surface area contributed by atoms with Crippen molar-refractivity contribution in [1.29, 1.82) is 0 Å². The lowest BCUT2D eigenvalue weighted by atomic mass is 10.0. The van der Waals surface area contributed by atoms with E-state index in [1.54, 1.807) is 47.7 Å². The van der Waals surface area contributed by atoms with E-state index in [1.807, 2.05) is 54.1 Å². The van der Waals surface area contributed by atoms with Crippen molar-refractivity contribution < 1.29 is 18.7 Å². The van der Waals surface area contributed by atoms with Gasteiger partial charge in [-0.05, 0) is 72.3 Å². The lowest BCUT2D eigenvalue weighted by Crippen LogP contribution is -2.28. The molecule has 1 N–H and O–H groups in total. The zero-order valence-corrected chi connectivity index (χ0v) is 27.1. The molecular formula is C34H31FN6O3S2. The van der Waals surface area contributed by atoms with Crippen LogP contribution in [0.3, 0.4) is 0 Å². The zero-order chi connectivity index (χ0) is 32.2. The molecule has 2 amide bonds. The van der Waals surface area contributed by atoms with Gasteiger partial charge in [-0.15, -0.1) is 21.5 Å². The summed E-state index contributed by atoms with van der Waals surface area (Å²) < 4.78 is 21.0. The SMILES string of the molecule is COc1ccccc1C(=O)NCc1nnc(SCC(=O)N2N=C(c3cccs3)C[C@@H]2c2ccc(F)cc2)n1-c1cc(C)ccc1C. The van der Waals surface area contributed by atoms with Gasteiger partial charge >= 0.3 is 0 Å². The number of nitrogens with one attached hydrogen (secondary N) is 1. The van der Waals surface area contributed by atoms with Crippen molar-refractivity contribution in [3.63, 3.8) is 0 Å². The Labute approximate surface area is 274 Å². The Morgan fingerprint density at radius 1 is 1.04 bits per heavy atom. The van der Waals surface area contributed by atoms with Crippen molar-refractivity contribution in [2.45, 2.75) is 38.0 Å². The van der Waals surface area contributed by atoms with Crippen molar-refractivity contribution in [3.05, 3.63) is 123 Å². The van der Waals surface area contributed by atoms with Crippen LogP contribution in [0.5, 0.6) is 5.75 Å². The van der Waals surface area contributed by atoms with E-state index in [-0.39, 0.29) is 36.0 Å². The number of carbonyl (C=O) groups is 2. The fraction of sp³-hybridized carbons (Fsp3) is 0.206. The molecule has 1 aliphatic heterocycles. The Morgan fingerprint density at radius 2 is 1.85 bits per heavy atom. The smallest absolute Gasteiger partial charge is 0.255 e. The lowest BCUT2D eigenvalue weighted by molar-refractivity contribution is -0.130. The van der Waals surface area contributed by atoms with Crippen molar-refractivity contribution in [3.8, 4) is 11.4 Å². The van der Waals surface area contributed by atoms with Gasteiger partial charge < -0.3 is 10.1 Å². The zero-order valence-electron chi connectivity index (χ0n) is 25.4. The normalized spacial score (nSPS) is 14.3. The second-order valence-corrected chi connectivity index (χ2v) is 12.6. The molecule has 0 fully saturated rings. The van der Waals surface area contributed by atoms with E-state index in [0.717, 1.165) is 33.0 Å². The summed E-state index contributed by atoms with van der Waals surface area (Å²) in [6, 6.07) is 22.8. The van der Waals surface area contributed by atoms with Crippen LogP contribution in [0, 0.1) is 19.7 Å². The van der Waals surface area contributed by atoms with Gasteiger partial charge in [0.15, 0.2) is 11.0 Å². The number of thioether (sulfide) groups is 1. The first kappa shape index (κ1) is 31.2. The van der Waals surface area contributed by atoms with Crippen LogP contribution in [0.1, 0.15) is 50.2 Å². The molecule has 0 bridgehead atoms. The maximum atomic E-state index is 13.8. The predicted molar refractivity (Wildman–Crippen MR) is 177 cm³/mol. The molecule has 12 heteroatoms. The van der Waals surface area contributed by atoms with Crippen LogP contribution in [-0.4, -0.2) is 50.2 Å². The van der Waals surface area contributed by atoms with Crippen LogP contribution >= 0.6 is 23.1 Å². The van der Waals surface area contributed by atoms with Gasteiger partial charge in [0.1, 0.15) is 11.6 Å². The molecule has 1 atom stereocenters. The lowest BCUT2D eigenvalue weighted by Gasteiger charge is -2.22. The maximum Gasteiger partial charge on any atom is 0.255 e. The number of halogens is 1. The molecule has 0 spiro atoms. The monoisotopic (exact) mass is 654 g/mol. The predicted octanol–water partition coefficient (Wildman–Crippen LogP) is 6.49. The van der Waals surface area contributed by atoms with Gasteiger partial charge in [-0.25, -0.2) is 9.40 Å². The summed E-state index contributed by atoms with van der Waals surface area (Å²) in [7, 11) is 1.52. The number of amides is 2. The highest BCUT2D eigenvalue weighted by atomic mass is 32.2. The number of methoxy groups -OCH3 is 1. The Balaban J connectivity index is 1.26. The highest BCUT2D eigenvalue weighted by Gasteiger charge is 2.34. The van der Waals surface area contributed by atoms with E-state index in [9.17, 15) is 14.0 Å². The topological polar surface area (TPSA) is 102 Å². The fourth-order valence-corrected chi connectivity index (χ4v) is 6.80. The standard InChI is InChI=1S/C34H31FN6O3S2/c1-21-10-11-22(2)27(17-21)40-31(19-36-33(43)25-7-4-5-8-29(25)44-3)37-38-34(40)46-20-32(42)41-28(23-12-14-24(35)15-13-23)18-26(39-41)30-9-6-16-45-30/h4-17,28H,18-20H2,1-3H3,(H,36,43)/t28-/m1/s1. The second-order valence-electron chi connectivity index (χ2n) is 10.7. The van der Waals surface area contributed by atoms with E-state index in [2.05, 4.69) is 15.5 Å². The number of carbonyl (C=O) groups excluding carboxylic acids is 2. The number of aromatic nitrogens is 3. The molecule has 1 aliphatic rings. The molecule has 0 unspecified atom stereocenters. The van der Waals surface area contributed by atoms with Gasteiger partial charge in [-0.2, -0.15) is 5.10 Å². The van der Waals surface area contributed by atoms with Gasteiger partial charge in [-0.3, -0.25) is 14.2 Å².